The van der Waals surface area contributed by atoms with Gasteiger partial charge in [0, 0.05) is 16.6 Å². The number of ether oxygens (including phenoxy) is 2. The Balaban J connectivity index is 1.46. The minimum Gasteiger partial charge on any atom is -0.454 e. The number of carbonyl (C=O) groups excluding carboxylic acids is 2. The molecule has 0 aliphatic carbocycles. The van der Waals surface area contributed by atoms with Crippen molar-refractivity contribution in [1.29, 1.82) is 0 Å². The van der Waals surface area contributed by atoms with Gasteiger partial charge >= 0.3 is 0 Å². The molecule has 6 nitrogen and oxygen atoms in total. The molecule has 1 aliphatic rings. The summed E-state index contributed by atoms with van der Waals surface area (Å²) in [7, 11) is 0. The van der Waals surface area contributed by atoms with Crippen LogP contribution in [0.25, 0.3) is 0 Å². The van der Waals surface area contributed by atoms with Gasteiger partial charge in [0.2, 0.25) is 12.7 Å². The molecule has 1 heterocycles. The van der Waals surface area contributed by atoms with Gasteiger partial charge in [0.05, 0.1) is 6.54 Å². The zero-order chi connectivity index (χ0) is 16.9. The molecule has 2 aromatic carbocycles. The van der Waals surface area contributed by atoms with E-state index in [1.807, 2.05) is 12.1 Å². The molecule has 0 saturated carbocycles. The Labute approximate surface area is 147 Å². The van der Waals surface area contributed by atoms with Gasteiger partial charge in [-0.2, -0.15) is 0 Å². The predicted octanol–water partition coefficient (Wildman–Crippen LogP) is 2.22. The first-order valence-electron chi connectivity index (χ1n) is 7.31. The van der Waals surface area contributed by atoms with Crippen molar-refractivity contribution in [3.63, 3.8) is 0 Å². The topological polar surface area (TPSA) is 76.7 Å². The van der Waals surface area contributed by atoms with Crippen molar-refractivity contribution >= 4 is 27.7 Å². The third-order valence-corrected chi connectivity index (χ3v) is 3.97. The number of halogens is 1. The Morgan fingerprint density at radius 3 is 2.54 bits per heavy atom. The first-order valence-corrected chi connectivity index (χ1v) is 8.10. The summed E-state index contributed by atoms with van der Waals surface area (Å²) in [6.45, 7) is 0.482. The SMILES string of the molecule is O=C(CNC(=O)c1ccc(Br)cc1)NCc1ccc2c(c1)OCO2. The van der Waals surface area contributed by atoms with Crippen LogP contribution in [-0.2, 0) is 11.3 Å². The maximum atomic E-state index is 11.9. The van der Waals surface area contributed by atoms with E-state index in [4.69, 9.17) is 9.47 Å². The molecule has 3 rings (SSSR count). The van der Waals surface area contributed by atoms with Crippen molar-refractivity contribution < 1.29 is 19.1 Å². The fourth-order valence-corrected chi connectivity index (χ4v) is 2.44. The van der Waals surface area contributed by atoms with Gasteiger partial charge in [0.1, 0.15) is 0 Å². The predicted molar refractivity (Wildman–Crippen MR) is 90.9 cm³/mol. The molecule has 0 aromatic heterocycles. The monoisotopic (exact) mass is 390 g/mol. The average molecular weight is 391 g/mol. The minimum absolute atomic E-state index is 0.0839. The number of hydrogen-bond acceptors (Lipinski definition) is 4. The molecule has 24 heavy (non-hydrogen) atoms. The second kappa shape index (κ2) is 7.35. The summed E-state index contributed by atoms with van der Waals surface area (Å²) in [5, 5.41) is 5.33. The molecule has 0 unspecified atom stereocenters. The van der Waals surface area contributed by atoms with Crippen LogP contribution in [0.3, 0.4) is 0 Å². The van der Waals surface area contributed by atoms with E-state index in [0.717, 1.165) is 10.0 Å². The summed E-state index contributed by atoms with van der Waals surface area (Å²) in [6.07, 6.45) is 0. The molecule has 2 N–H and O–H groups in total. The molecule has 0 fully saturated rings. The normalized spacial score (nSPS) is 11.9. The molecular formula is C17H15BrN2O4. The van der Waals surface area contributed by atoms with Crippen molar-refractivity contribution in [3.8, 4) is 11.5 Å². The number of nitrogens with one attached hydrogen (secondary N) is 2. The van der Waals surface area contributed by atoms with E-state index in [1.165, 1.54) is 0 Å². The number of fused-ring (bicyclic) bond motifs is 1. The summed E-state index contributed by atoms with van der Waals surface area (Å²) >= 11 is 3.31. The lowest BCUT2D eigenvalue weighted by Gasteiger charge is -2.08. The summed E-state index contributed by atoms with van der Waals surface area (Å²) < 4.78 is 11.4. The second-order valence-electron chi connectivity index (χ2n) is 5.15. The molecule has 0 spiro atoms. The average Bonchev–Trinajstić information content (AvgIpc) is 3.06. The van der Waals surface area contributed by atoms with Gasteiger partial charge in [-0.3, -0.25) is 9.59 Å². The van der Waals surface area contributed by atoms with Gasteiger partial charge in [-0.25, -0.2) is 0 Å². The van der Waals surface area contributed by atoms with Crippen LogP contribution >= 0.6 is 15.9 Å². The third-order valence-electron chi connectivity index (χ3n) is 3.44. The highest BCUT2D eigenvalue weighted by Gasteiger charge is 2.13. The highest BCUT2D eigenvalue weighted by molar-refractivity contribution is 9.10. The summed E-state index contributed by atoms with van der Waals surface area (Å²) in [4.78, 5) is 23.8. The zero-order valence-electron chi connectivity index (χ0n) is 12.7. The molecule has 2 aromatic rings. The first-order chi connectivity index (χ1) is 11.6. The van der Waals surface area contributed by atoms with E-state index in [-0.39, 0.29) is 25.2 Å². The van der Waals surface area contributed by atoms with Crippen LogP contribution in [0.15, 0.2) is 46.9 Å². The van der Waals surface area contributed by atoms with Gasteiger partial charge in [0.25, 0.3) is 5.91 Å². The Hall–Kier alpha value is -2.54. The lowest BCUT2D eigenvalue weighted by molar-refractivity contribution is -0.120. The quantitative estimate of drug-likeness (QED) is 0.820. The zero-order valence-corrected chi connectivity index (χ0v) is 14.3. The molecule has 124 valence electrons. The maximum Gasteiger partial charge on any atom is 0.251 e. The fraction of sp³-hybridized carbons (Fsp3) is 0.176. The van der Waals surface area contributed by atoms with Crippen molar-refractivity contribution in [2.24, 2.45) is 0 Å². The Morgan fingerprint density at radius 2 is 1.75 bits per heavy atom. The van der Waals surface area contributed by atoms with Gasteiger partial charge in [-0.1, -0.05) is 22.0 Å². The van der Waals surface area contributed by atoms with Crippen LogP contribution in [0.5, 0.6) is 11.5 Å². The molecular weight excluding hydrogens is 376 g/mol. The highest BCUT2D eigenvalue weighted by atomic mass is 79.9. The third kappa shape index (κ3) is 4.05. The second-order valence-corrected chi connectivity index (χ2v) is 6.07. The van der Waals surface area contributed by atoms with E-state index < -0.39 is 0 Å². The number of hydrogen-bond donors (Lipinski definition) is 2. The van der Waals surface area contributed by atoms with E-state index in [9.17, 15) is 9.59 Å². The molecule has 0 bridgehead atoms. The molecule has 2 amide bonds. The molecule has 0 radical (unpaired) electrons. The Morgan fingerprint density at radius 1 is 1.00 bits per heavy atom. The standard InChI is InChI=1S/C17H15BrN2O4/c18-13-4-2-12(3-5-13)17(22)20-9-16(21)19-8-11-1-6-14-15(7-11)24-10-23-14/h1-7H,8-10H2,(H,19,21)(H,20,22). The van der Waals surface area contributed by atoms with E-state index in [1.54, 1.807) is 30.3 Å². The maximum absolute atomic E-state index is 11.9. The lowest BCUT2D eigenvalue weighted by atomic mass is 10.2. The number of carbonyl (C=O) groups is 2. The van der Waals surface area contributed by atoms with Crippen molar-refractivity contribution in [2.45, 2.75) is 6.54 Å². The van der Waals surface area contributed by atoms with E-state index >= 15 is 0 Å². The van der Waals surface area contributed by atoms with Crippen LogP contribution < -0.4 is 20.1 Å². The molecule has 7 heteroatoms. The van der Waals surface area contributed by atoms with E-state index in [0.29, 0.717) is 23.6 Å². The van der Waals surface area contributed by atoms with Crippen molar-refractivity contribution in [2.75, 3.05) is 13.3 Å². The van der Waals surface area contributed by atoms with Gasteiger partial charge in [-0.05, 0) is 42.0 Å². The van der Waals surface area contributed by atoms with Crippen molar-refractivity contribution in [3.05, 3.63) is 58.1 Å². The molecule has 1 aliphatic heterocycles. The smallest absolute Gasteiger partial charge is 0.251 e. The summed E-state index contributed by atoms with van der Waals surface area (Å²) in [5.41, 5.74) is 1.40. The van der Waals surface area contributed by atoms with Crippen LogP contribution in [0.1, 0.15) is 15.9 Å². The summed E-state index contributed by atoms with van der Waals surface area (Å²) in [5.74, 6) is 0.816. The Bertz CT molecular complexity index is 762. The number of amides is 2. The lowest BCUT2D eigenvalue weighted by Crippen LogP contribution is -2.36. The fourth-order valence-electron chi connectivity index (χ4n) is 2.18. The van der Waals surface area contributed by atoms with E-state index in [2.05, 4.69) is 26.6 Å². The number of rotatable bonds is 5. The van der Waals surface area contributed by atoms with Crippen LogP contribution in [0.2, 0.25) is 0 Å². The molecule has 0 saturated heterocycles. The van der Waals surface area contributed by atoms with Gasteiger partial charge in [0.15, 0.2) is 11.5 Å². The minimum atomic E-state index is -0.291. The number of benzene rings is 2. The highest BCUT2D eigenvalue weighted by Crippen LogP contribution is 2.32. The largest absolute Gasteiger partial charge is 0.454 e. The summed E-state index contributed by atoms with van der Waals surface area (Å²) in [6, 6.07) is 12.4. The van der Waals surface area contributed by atoms with Crippen LogP contribution in [-0.4, -0.2) is 25.2 Å². The van der Waals surface area contributed by atoms with Gasteiger partial charge < -0.3 is 20.1 Å². The van der Waals surface area contributed by atoms with Crippen molar-refractivity contribution in [1.82, 2.24) is 10.6 Å². The Kier molecular flexibility index (Phi) is 5.00. The van der Waals surface area contributed by atoms with Gasteiger partial charge in [-0.15, -0.1) is 0 Å². The van der Waals surface area contributed by atoms with Crippen LogP contribution in [0.4, 0.5) is 0 Å². The molecule has 0 atom stereocenters. The first kappa shape index (κ1) is 16.3. The van der Waals surface area contributed by atoms with Crippen LogP contribution in [0, 0.1) is 0 Å².